The highest BCUT2D eigenvalue weighted by Gasteiger charge is 2.54. The summed E-state index contributed by atoms with van der Waals surface area (Å²) in [7, 11) is 0. The normalized spacial score (nSPS) is 19.6. The van der Waals surface area contributed by atoms with E-state index in [0.717, 1.165) is 5.56 Å². The minimum absolute atomic E-state index is 0.0939. The van der Waals surface area contributed by atoms with Gasteiger partial charge >= 0.3 is 0 Å². The third-order valence-corrected chi connectivity index (χ3v) is 6.60. The van der Waals surface area contributed by atoms with Gasteiger partial charge in [0.2, 0.25) is 11.8 Å². The number of aromatic nitrogens is 1. The number of benzene rings is 1. The molecule has 1 aromatic carbocycles. The number of ether oxygens (including phenoxy) is 1. The molecule has 2 aliphatic heterocycles. The lowest BCUT2D eigenvalue weighted by Gasteiger charge is -2.44. The van der Waals surface area contributed by atoms with Crippen LogP contribution in [0.15, 0.2) is 54.9 Å². The van der Waals surface area contributed by atoms with E-state index in [0.29, 0.717) is 44.5 Å². The lowest BCUT2D eigenvalue weighted by molar-refractivity contribution is -0.145. The second kappa shape index (κ2) is 10.2. The second-order valence-electron chi connectivity index (χ2n) is 10.5. The first-order valence-corrected chi connectivity index (χ1v) is 12.2. The Hall–Kier alpha value is -3.26. The summed E-state index contributed by atoms with van der Waals surface area (Å²) in [6.45, 7) is 7.57. The van der Waals surface area contributed by atoms with E-state index < -0.39 is 11.8 Å². The zero-order valence-corrected chi connectivity index (χ0v) is 20.7. The first-order chi connectivity index (χ1) is 16.7. The molecular formula is C27H34N4O4. The van der Waals surface area contributed by atoms with Crippen molar-refractivity contribution in [2.75, 3.05) is 19.7 Å². The van der Waals surface area contributed by atoms with Gasteiger partial charge in [-0.1, -0.05) is 39.0 Å². The molecule has 8 nitrogen and oxygen atoms in total. The van der Waals surface area contributed by atoms with E-state index in [1.807, 2.05) is 56.0 Å². The van der Waals surface area contributed by atoms with Crippen LogP contribution in [0.2, 0.25) is 0 Å². The van der Waals surface area contributed by atoms with Crippen LogP contribution < -0.4 is 5.32 Å². The number of hydrogen-bond donors (Lipinski definition) is 1. The van der Waals surface area contributed by atoms with Gasteiger partial charge < -0.3 is 15.0 Å². The number of nitrogens with one attached hydrogen (secondary N) is 1. The van der Waals surface area contributed by atoms with E-state index >= 15 is 0 Å². The third kappa shape index (κ3) is 5.70. The van der Waals surface area contributed by atoms with Crippen LogP contribution in [0.25, 0.3) is 0 Å². The van der Waals surface area contributed by atoms with Crippen molar-refractivity contribution in [2.45, 2.75) is 58.3 Å². The average molecular weight is 479 g/mol. The standard InChI is InChI=1S/C27H34N4O4/c1-26(2,3)17-23(32)30-15-11-27(12-16-30)31(25(34)21-7-5-4-6-8-21)22(19-35-27)24(33)29-18-20-9-13-28-14-10-20/h4-10,13-14,22H,11-12,15-19H2,1-3H3,(H,29,33). The van der Waals surface area contributed by atoms with Crippen molar-refractivity contribution in [1.29, 1.82) is 0 Å². The molecule has 3 amide bonds. The van der Waals surface area contributed by atoms with Crippen LogP contribution in [0.3, 0.4) is 0 Å². The molecule has 2 aromatic rings. The summed E-state index contributed by atoms with van der Waals surface area (Å²) in [6, 6.07) is 11.9. The van der Waals surface area contributed by atoms with Gasteiger partial charge in [0, 0.05) is 56.9 Å². The molecule has 4 rings (SSSR count). The fraction of sp³-hybridized carbons (Fsp3) is 0.481. The van der Waals surface area contributed by atoms with Crippen LogP contribution >= 0.6 is 0 Å². The number of piperidine rings is 1. The van der Waals surface area contributed by atoms with Crippen LogP contribution in [0.5, 0.6) is 0 Å². The molecule has 0 saturated carbocycles. The highest BCUT2D eigenvalue weighted by Crippen LogP contribution is 2.39. The van der Waals surface area contributed by atoms with Crippen LogP contribution in [0.1, 0.15) is 56.0 Å². The average Bonchev–Trinajstić information content (AvgIpc) is 3.21. The molecule has 0 bridgehead atoms. The molecule has 1 N–H and O–H groups in total. The maximum absolute atomic E-state index is 13.7. The number of pyridine rings is 1. The molecule has 2 aliphatic rings. The van der Waals surface area contributed by atoms with E-state index in [4.69, 9.17) is 4.74 Å². The number of nitrogens with zero attached hydrogens (tertiary/aromatic N) is 3. The Morgan fingerprint density at radius 3 is 2.34 bits per heavy atom. The number of hydrogen-bond acceptors (Lipinski definition) is 5. The van der Waals surface area contributed by atoms with Gasteiger partial charge in [-0.25, -0.2) is 0 Å². The largest absolute Gasteiger partial charge is 0.353 e. The topological polar surface area (TPSA) is 91.8 Å². The highest BCUT2D eigenvalue weighted by molar-refractivity contribution is 5.98. The molecule has 1 unspecified atom stereocenters. The van der Waals surface area contributed by atoms with Crippen LogP contribution in [0, 0.1) is 5.41 Å². The predicted octanol–water partition coefficient (Wildman–Crippen LogP) is 2.99. The van der Waals surface area contributed by atoms with Crippen molar-refractivity contribution in [2.24, 2.45) is 5.41 Å². The lowest BCUT2D eigenvalue weighted by atomic mass is 9.90. The molecule has 1 atom stereocenters. The summed E-state index contributed by atoms with van der Waals surface area (Å²) >= 11 is 0. The number of likely N-dealkylation sites (tertiary alicyclic amines) is 1. The van der Waals surface area contributed by atoms with E-state index in [1.54, 1.807) is 29.4 Å². The minimum atomic E-state index is -0.913. The van der Waals surface area contributed by atoms with Gasteiger partial charge in [0.05, 0.1) is 6.61 Å². The maximum atomic E-state index is 13.7. The minimum Gasteiger partial charge on any atom is -0.353 e. The van der Waals surface area contributed by atoms with Gasteiger partial charge in [0.15, 0.2) is 0 Å². The smallest absolute Gasteiger partial charge is 0.256 e. The van der Waals surface area contributed by atoms with Gasteiger partial charge in [-0.05, 0) is 35.2 Å². The first kappa shape index (κ1) is 24.9. The van der Waals surface area contributed by atoms with Crippen molar-refractivity contribution in [3.63, 3.8) is 0 Å². The monoisotopic (exact) mass is 478 g/mol. The Morgan fingerprint density at radius 1 is 1.06 bits per heavy atom. The molecule has 1 spiro atoms. The maximum Gasteiger partial charge on any atom is 0.256 e. The quantitative estimate of drug-likeness (QED) is 0.713. The van der Waals surface area contributed by atoms with Gasteiger partial charge in [-0.2, -0.15) is 0 Å². The first-order valence-electron chi connectivity index (χ1n) is 12.2. The summed E-state index contributed by atoms with van der Waals surface area (Å²) < 4.78 is 6.25. The Morgan fingerprint density at radius 2 is 1.71 bits per heavy atom. The molecule has 0 aliphatic carbocycles. The van der Waals surface area contributed by atoms with Crippen molar-refractivity contribution >= 4 is 17.7 Å². The molecule has 2 saturated heterocycles. The predicted molar refractivity (Wildman–Crippen MR) is 131 cm³/mol. The van der Waals surface area contributed by atoms with Crippen LogP contribution in [0.4, 0.5) is 0 Å². The molecular weight excluding hydrogens is 444 g/mol. The van der Waals surface area contributed by atoms with E-state index in [1.165, 1.54) is 0 Å². The molecule has 35 heavy (non-hydrogen) atoms. The SMILES string of the molecule is CC(C)(C)CC(=O)N1CCC2(CC1)OCC(C(=O)NCc1ccncc1)N2C(=O)c1ccccc1. The molecule has 3 heterocycles. The highest BCUT2D eigenvalue weighted by atomic mass is 16.5. The number of amides is 3. The lowest BCUT2D eigenvalue weighted by Crippen LogP contribution is -2.59. The van der Waals surface area contributed by atoms with Gasteiger partial charge in [-0.15, -0.1) is 0 Å². The fourth-order valence-corrected chi connectivity index (χ4v) is 4.77. The molecule has 2 fully saturated rings. The van der Waals surface area contributed by atoms with Crippen LogP contribution in [-0.2, 0) is 20.9 Å². The van der Waals surface area contributed by atoms with Crippen molar-refractivity contribution in [3.05, 3.63) is 66.0 Å². The number of carbonyl (C=O) groups excluding carboxylic acids is 3. The van der Waals surface area contributed by atoms with Crippen molar-refractivity contribution < 1.29 is 19.1 Å². The van der Waals surface area contributed by atoms with Gasteiger partial charge in [0.25, 0.3) is 5.91 Å². The third-order valence-electron chi connectivity index (χ3n) is 6.60. The molecule has 0 radical (unpaired) electrons. The van der Waals surface area contributed by atoms with Gasteiger partial charge in [0.1, 0.15) is 11.8 Å². The summed E-state index contributed by atoms with van der Waals surface area (Å²) in [5, 5.41) is 2.95. The van der Waals surface area contributed by atoms with E-state index in [2.05, 4.69) is 10.3 Å². The van der Waals surface area contributed by atoms with E-state index in [9.17, 15) is 14.4 Å². The summed E-state index contributed by atoms with van der Waals surface area (Å²) in [4.78, 5) is 47.2. The van der Waals surface area contributed by atoms with E-state index in [-0.39, 0.29) is 29.7 Å². The second-order valence-corrected chi connectivity index (χ2v) is 10.5. The Balaban J connectivity index is 1.52. The van der Waals surface area contributed by atoms with Crippen molar-refractivity contribution in [3.8, 4) is 0 Å². The van der Waals surface area contributed by atoms with Crippen molar-refractivity contribution in [1.82, 2.24) is 20.1 Å². The van der Waals surface area contributed by atoms with Gasteiger partial charge in [-0.3, -0.25) is 24.3 Å². The zero-order chi connectivity index (χ0) is 25.1. The zero-order valence-electron chi connectivity index (χ0n) is 20.7. The molecule has 186 valence electrons. The summed E-state index contributed by atoms with van der Waals surface area (Å²) in [5.41, 5.74) is 0.428. The summed E-state index contributed by atoms with van der Waals surface area (Å²) in [5.74, 6) is -0.381. The Labute approximate surface area is 206 Å². The molecule has 1 aromatic heterocycles. The fourth-order valence-electron chi connectivity index (χ4n) is 4.77. The van der Waals surface area contributed by atoms with Crippen LogP contribution in [-0.4, -0.2) is 64.0 Å². The molecule has 8 heteroatoms. The Kier molecular flexibility index (Phi) is 7.21. The number of rotatable bonds is 5. The number of carbonyl (C=O) groups is 3. The Bertz CT molecular complexity index is 1040. The summed E-state index contributed by atoms with van der Waals surface area (Å²) in [6.07, 6.45) is 4.75.